The third-order valence-electron chi connectivity index (χ3n) is 7.51. The van der Waals surface area contributed by atoms with E-state index >= 15 is 0 Å². The average molecular weight is 483 g/mol. The maximum atomic E-state index is 10.8. The van der Waals surface area contributed by atoms with Crippen molar-refractivity contribution in [1.82, 2.24) is 24.6 Å². The van der Waals surface area contributed by atoms with Crippen molar-refractivity contribution in [2.24, 2.45) is 11.7 Å². The lowest BCUT2D eigenvalue weighted by Crippen LogP contribution is -2.60. The molecule has 0 aliphatic heterocycles. The lowest BCUT2D eigenvalue weighted by atomic mass is 9.60. The SMILES string of the molecule is NC1(c2ccc(-c3nc4ccc5nnc(Cl)n5c4nc3-c3ccccc3)cc2)CC(O)(C2CC2)C1. The first kappa shape index (κ1) is 20.9. The molecule has 5 aromatic rings. The highest BCUT2D eigenvalue weighted by Crippen LogP contribution is 2.57. The van der Waals surface area contributed by atoms with E-state index in [4.69, 9.17) is 27.3 Å². The number of fused-ring (bicyclic) bond motifs is 3. The van der Waals surface area contributed by atoms with Gasteiger partial charge in [-0.2, -0.15) is 0 Å². The number of nitrogens with zero attached hydrogens (tertiary/aromatic N) is 5. The Morgan fingerprint density at radius 2 is 1.54 bits per heavy atom. The van der Waals surface area contributed by atoms with Crippen LogP contribution in [0.3, 0.4) is 0 Å². The summed E-state index contributed by atoms with van der Waals surface area (Å²) in [6, 6.07) is 21.9. The van der Waals surface area contributed by atoms with E-state index in [-0.39, 0.29) is 5.28 Å². The van der Waals surface area contributed by atoms with Gasteiger partial charge in [-0.1, -0.05) is 54.6 Å². The monoisotopic (exact) mass is 482 g/mol. The molecule has 7 nitrogen and oxygen atoms in total. The molecule has 3 heterocycles. The molecule has 2 fully saturated rings. The molecule has 3 aromatic heterocycles. The van der Waals surface area contributed by atoms with E-state index in [2.05, 4.69) is 22.3 Å². The van der Waals surface area contributed by atoms with Gasteiger partial charge >= 0.3 is 0 Å². The fourth-order valence-electron chi connectivity index (χ4n) is 5.56. The van der Waals surface area contributed by atoms with E-state index in [1.807, 2.05) is 54.6 Å². The van der Waals surface area contributed by atoms with Gasteiger partial charge in [0.05, 0.1) is 17.0 Å². The van der Waals surface area contributed by atoms with Crippen LogP contribution < -0.4 is 5.73 Å². The molecule has 3 N–H and O–H groups in total. The fourth-order valence-corrected chi connectivity index (χ4v) is 5.77. The van der Waals surface area contributed by atoms with Crippen molar-refractivity contribution < 1.29 is 5.11 Å². The Bertz CT molecular complexity index is 1590. The smallest absolute Gasteiger partial charge is 0.231 e. The molecule has 7 rings (SSSR count). The standard InChI is InChI=1S/C27H23ClN6O/c28-25-33-32-21-13-12-20-24(34(21)25)31-23(16-4-2-1-3-5-16)22(30-20)17-6-8-18(9-7-17)26(29)14-27(35,15-26)19-10-11-19/h1-9,12-13,19,35H,10-11,14-15,29H2. The van der Waals surface area contributed by atoms with Crippen LogP contribution in [0.4, 0.5) is 0 Å². The summed E-state index contributed by atoms with van der Waals surface area (Å²) >= 11 is 6.32. The van der Waals surface area contributed by atoms with E-state index < -0.39 is 11.1 Å². The minimum Gasteiger partial charge on any atom is -0.389 e. The number of hydrogen-bond donors (Lipinski definition) is 2. The van der Waals surface area contributed by atoms with Crippen LogP contribution in [0, 0.1) is 5.92 Å². The minimum absolute atomic E-state index is 0.246. The second kappa shape index (κ2) is 7.31. The normalized spacial score (nSPS) is 24.1. The molecule has 0 atom stereocenters. The summed E-state index contributed by atoms with van der Waals surface area (Å²) in [6.45, 7) is 0. The molecular formula is C27H23ClN6O. The molecule has 35 heavy (non-hydrogen) atoms. The van der Waals surface area contributed by atoms with Crippen LogP contribution in [-0.4, -0.2) is 35.3 Å². The summed E-state index contributed by atoms with van der Waals surface area (Å²) in [6.07, 6.45) is 3.46. The molecular weight excluding hydrogens is 460 g/mol. The van der Waals surface area contributed by atoms with Gasteiger partial charge in [-0.3, -0.25) is 0 Å². The number of aliphatic hydroxyl groups is 1. The number of pyridine rings is 1. The number of hydrogen-bond acceptors (Lipinski definition) is 6. The summed E-state index contributed by atoms with van der Waals surface area (Å²) in [5.74, 6) is 0.422. The van der Waals surface area contributed by atoms with E-state index in [0.717, 1.165) is 40.9 Å². The van der Waals surface area contributed by atoms with Gasteiger partial charge in [-0.15, -0.1) is 10.2 Å². The molecule has 0 radical (unpaired) electrons. The van der Waals surface area contributed by atoms with Gasteiger partial charge in [0.15, 0.2) is 11.3 Å². The van der Waals surface area contributed by atoms with Crippen molar-refractivity contribution >= 4 is 28.4 Å². The van der Waals surface area contributed by atoms with E-state index in [1.54, 1.807) is 4.40 Å². The van der Waals surface area contributed by atoms with Crippen LogP contribution in [-0.2, 0) is 5.54 Å². The summed E-state index contributed by atoms with van der Waals surface area (Å²) in [4.78, 5) is 10.0. The van der Waals surface area contributed by atoms with Crippen molar-refractivity contribution in [3.05, 3.63) is 77.6 Å². The van der Waals surface area contributed by atoms with Crippen LogP contribution in [0.15, 0.2) is 66.7 Å². The van der Waals surface area contributed by atoms with Crippen LogP contribution in [0.1, 0.15) is 31.2 Å². The first-order valence-electron chi connectivity index (χ1n) is 11.8. The number of halogens is 1. The molecule has 0 bridgehead atoms. The van der Waals surface area contributed by atoms with Gasteiger partial charge in [0.2, 0.25) is 5.28 Å². The molecule has 0 unspecified atom stereocenters. The largest absolute Gasteiger partial charge is 0.389 e. The second-order valence-corrected chi connectivity index (χ2v) is 10.3. The molecule has 0 spiro atoms. The highest BCUT2D eigenvalue weighted by Gasteiger charge is 2.58. The zero-order chi connectivity index (χ0) is 23.8. The Hall–Kier alpha value is -3.39. The minimum atomic E-state index is -0.591. The molecule has 2 aliphatic carbocycles. The molecule has 0 amide bonds. The van der Waals surface area contributed by atoms with E-state index in [9.17, 15) is 5.11 Å². The Balaban J connectivity index is 1.34. The van der Waals surface area contributed by atoms with Crippen molar-refractivity contribution in [1.29, 1.82) is 0 Å². The molecule has 0 saturated heterocycles. The lowest BCUT2D eigenvalue weighted by Gasteiger charge is -2.52. The zero-order valence-electron chi connectivity index (χ0n) is 18.9. The average Bonchev–Trinajstić information content (AvgIpc) is 3.66. The van der Waals surface area contributed by atoms with Crippen molar-refractivity contribution in [2.75, 3.05) is 0 Å². The van der Waals surface area contributed by atoms with Crippen molar-refractivity contribution in [3.63, 3.8) is 0 Å². The van der Waals surface area contributed by atoms with Gasteiger partial charge in [0.25, 0.3) is 0 Å². The summed E-state index contributed by atoms with van der Waals surface area (Å²) in [5.41, 5.74) is 12.0. The van der Waals surface area contributed by atoms with Crippen molar-refractivity contribution in [2.45, 2.75) is 36.8 Å². The highest BCUT2D eigenvalue weighted by molar-refractivity contribution is 6.28. The van der Waals surface area contributed by atoms with E-state index in [0.29, 0.717) is 35.6 Å². The van der Waals surface area contributed by atoms with Gasteiger partial charge in [-0.25, -0.2) is 14.4 Å². The van der Waals surface area contributed by atoms with Gasteiger partial charge in [0.1, 0.15) is 5.52 Å². The van der Waals surface area contributed by atoms with Crippen LogP contribution >= 0.6 is 11.6 Å². The predicted octanol–water partition coefficient (Wildman–Crippen LogP) is 4.75. The second-order valence-electron chi connectivity index (χ2n) is 9.96. The number of rotatable bonds is 4. The summed E-state index contributed by atoms with van der Waals surface area (Å²) in [7, 11) is 0. The third-order valence-corrected chi connectivity index (χ3v) is 7.76. The first-order valence-corrected chi connectivity index (χ1v) is 12.2. The van der Waals surface area contributed by atoms with Crippen molar-refractivity contribution in [3.8, 4) is 22.5 Å². The Morgan fingerprint density at radius 1 is 0.857 bits per heavy atom. The molecule has 8 heteroatoms. The maximum absolute atomic E-state index is 10.8. The number of aromatic nitrogens is 5. The van der Waals surface area contributed by atoms with Crippen LogP contribution in [0.5, 0.6) is 0 Å². The fraction of sp³-hybridized carbons (Fsp3) is 0.259. The summed E-state index contributed by atoms with van der Waals surface area (Å²) in [5, 5.41) is 19.1. The highest BCUT2D eigenvalue weighted by atomic mass is 35.5. The summed E-state index contributed by atoms with van der Waals surface area (Å²) < 4.78 is 1.71. The van der Waals surface area contributed by atoms with Gasteiger partial charge < -0.3 is 10.8 Å². The quantitative estimate of drug-likeness (QED) is 0.383. The van der Waals surface area contributed by atoms with E-state index in [1.165, 1.54) is 0 Å². The molecule has 2 saturated carbocycles. The zero-order valence-corrected chi connectivity index (χ0v) is 19.7. The Morgan fingerprint density at radius 3 is 2.26 bits per heavy atom. The first-order chi connectivity index (χ1) is 16.9. The molecule has 2 aliphatic rings. The molecule has 174 valence electrons. The number of benzene rings is 2. The number of nitrogens with two attached hydrogens (primary N) is 1. The van der Waals surface area contributed by atoms with Gasteiger partial charge in [0, 0.05) is 16.7 Å². The van der Waals surface area contributed by atoms with Gasteiger partial charge in [-0.05, 0) is 60.9 Å². The predicted molar refractivity (Wildman–Crippen MR) is 135 cm³/mol. The molecule has 2 aromatic carbocycles. The maximum Gasteiger partial charge on any atom is 0.231 e. The lowest BCUT2D eigenvalue weighted by molar-refractivity contribution is -0.106. The Kier molecular flexibility index (Phi) is 4.37. The third kappa shape index (κ3) is 3.26. The van der Waals surface area contributed by atoms with Crippen LogP contribution in [0.2, 0.25) is 5.28 Å². The Labute approximate surface area is 206 Å². The topological polar surface area (TPSA) is 102 Å². The van der Waals surface area contributed by atoms with Crippen LogP contribution in [0.25, 0.3) is 39.3 Å².